The SMILES string of the molecule is CCCCCCCCCCCCCCCCCCCCC/C=C/CC/C=C/C(O)C(COP(=O)(O)OCC[N+](C)(C)C)NC(=O)CCCCCCCCCCCCCCCCCCCCC. The lowest BCUT2D eigenvalue weighted by molar-refractivity contribution is -0.870. The smallest absolute Gasteiger partial charge is 0.387 e. The fourth-order valence-electron chi connectivity index (χ4n) is 8.65. The standard InChI is InChI=1S/C57H113N2O6P/c1-6-8-10-12-14-16-18-20-22-24-26-27-28-29-30-31-33-34-36-38-40-42-44-46-48-50-56(60)55(54-65-66(62,63)64-53-52-59(3,4)5)58-57(61)51-49-47-45-43-41-39-37-35-32-25-23-21-19-17-15-13-11-9-7-2/h40,42,48,50,55-56,60H,6-39,41,43-47,49,51-54H2,1-5H3,(H-,58,61,62,63)/p+1/b42-40+,50-48+. The minimum Gasteiger partial charge on any atom is -0.387 e. The molecule has 0 fully saturated rings. The molecule has 8 nitrogen and oxygen atoms in total. The van der Waals surface area contributed by atoms with Gasteiger partial charge < -0.3 is 19.8 Å². The Morgan fingerprint density at radius 1 is 0.500 bits per heavy atom. The van der Waals surface area contributed by atoms with Gasteiger partial charge in [0.05, 0.1) is 39.9 Å². The van der Waals surface area contributed by atoms with Gasteiger partial charge in [0.2, 0.25) is 5.91 Å². The van der Waals surface area contributed by atoms with Crippen LogP contribution in [-0.2, 0) is 18.4 Å². The van der Waals surface area contributed by atoms with Gasteiger partial charge in [0.25, 0.3) is 0 Å². The third-order valence-electron chi connectivity index (χ3n) is 13.2. The number of aliphatic hydroxyl groups is 1. The predicted octanol–water partition coefficient (Wildman–Crippen LogP) is 17.2. The molecule has 392 valence electrons. The number of phosphoric acid groups is 1. The van der Waals surface area contributed by atoms with E-state index in [1.165, 1.54) is 225 Å². The number of amides is 1. The molecule has 3 unspecified atom stereocenters. The van der Waals surface area contributed by atoms with Crippen LogP contribution in [0.25, 0.3) is 0 Å². The summed E-state index contributed by atoms with van der Waals surface area (Å²) < 4.78 is 23.7. The summed E-state index contributed by atoms with van der Waals surface area (Å²) in [6, 6.07) is -0.860. The van der Waals surface area contributed by atoms with Crippen LogP contribution in [0.3, 0.4) is 0 Å². The lowest BCUT2D eigenvalue weighted by Crippen LogP contribution is -2.45. The van der Waals surface area contributed by atoms with Gasteiger partial charge in [0.15, 0.2) is 0 Å². The first kappa shape index (κ1) is 65.0. The highest BCUT2D eigenvalue weighted by molar-refractivity contribution is 7.47. The number of unbranched alkanes of at least 4 members (excludes halogenated alkanes) is 38. The Hall–Kier alpha value is -1.02. The summed E-state index contributed by atoms with van der Waals surface area (Å²) in [6.07, 6.45) is 61.4. The number of hydrogen-bond acceptors (Lipinski definition) is 5. The summed E-state index contributed by atoms with van der Waals surface area (Å²) in [5.41, 5.74) is 0. The van der Waals surface area contributed by atoms with Crippen molar-refractivity contribution in [1.82, 2.24) is 5.32 Å². The summed E-state index contributed by atoms with van der Waals surface area (Å²) in [5.74, 6) is -0.181. The van der Waals surface area contributed by atoms with Gasteiger partial charge in [-0.15, -0.1) is 0 Å². The first-order valence-corrected chi connectivity index (χ1v) is 30.2. The van der Waals surface area contributed by atoms with E-state index in [0.717, 1.165) is 38.5 Å². The van der Waals surface area contributed by atoms with Crippen molar-refractivity contribution in [3.8, 4) is 0 Å². The molecular formula is C57H114N2O6P+. The molecule has 0 aromatic heterocycles. The molecule has 0 aliphatic carbocycles. The van der Waals surface area contributed by atoms with Gasteiger partial charge in [0, 0.05) is 6.42 Å². The maximum atomic E-state index is 13.0. The zero-order chi connectivity index (χ0) is 48.5. The molecule has 1 amide bonds. The van der Waals surface area contributed by atoms with E-state index in [1.807, 2.05) is 27.2 Å². The van der Waals surface area contributed by atoms with Crippen LogP contribution in [0.2, 0.25) is 0 Å². The number of phosphoric ester groups is 1. The van der Waals surface area contributed by atoms with Gasteiger partial charge >= 0.3 is 7.82 Å². The number of allylic oxidation sites excluding steroid dienone is 3. The number of aliphatic hydroxyl groups excluding tert-OH is 1. The van der Waals surface area contributed by atoms with Crippen molar-refractivity contribution in [2.75, 3.05) is 40.9 Å². The highest BCUT2D eigenvalue weighted by Crippen LogP contribution is 2.43. The first-order chi connectivity index (χ1) is 32.0. The largest absolute Gasteiger partial charge is 0.472 e. The Balaban J connectivity index is 4.23. The summed E-state index contributed by atoms with van der Waals surface area (Å²) in [5, 5.41) is 13.9. The molecule has 0 aliphatic rings. The van der Waals surface area contributed by atoms with Crippen molar-refractivity contribution in [3.05, 3.63) is 24.3 Å². The predicted molar refractivity (Wildman–Crippen MR) is 286 cm³/mol. The quantitative estimate of drug-likeness (QED) is 0.0243. The average molecular weight is 955 g/mol. The van der Waals surface area contributed by atoms with Crippen LogP contribution in [0.5, 0.6) is 0 Å². The van der Waals surface area contributed by atoms with Crippen LogP contribution >= 0.6 is 7.82 Å². The summed E-state index contributed by atoms with van der Waals surface area (Å²) >= 11 is 0. The van der Waals surface area contributed by atoms with E-state index in [4.69, 9.17) is 9.05 Å². The van der Waals surface area contributed by atoms with Gasteiger partial charge in [-0.3, -0.25) is 13.8 Å². The second-order valence-corrected chi connectivity index (χ2v) is 22.5. The third kappa shape index (κ3) is 50.8. The average Bonchev–Trinajstić information content (AvgIpc) is 3.28. The lowest BCUT2D eigenvalue weighted by Gasteiger charge is -2.25. The zero-order valence-corrected chi connectivity index (χ0v) is 45.6. The molecule has 0 aromatic rings. The maximum Gasteiger partial charge on any atom is 0.472 e. The number of likely N-dealkylation sites (N-methyl/N-ethyl adjacent to an activating group) is 1. The van der Waals surface area contributed by atoms with Crippen molar-refractivity contribution < 1.29 is 32.9 Å². The molecule has 0 aliphatic heterocycles. The minimum atomic E-state index is -4.35. The topological polar surface area (TPSA) is 105 Å². The number of quaternary nitrogens is 1. The van der Waals surface area contributed by atoms with Crippen LogP contribution in [0.4, 0.5) is 0 Å². The molecule has 3 N–H and O–H groups in total. The van der Waals surface area contributed by atoms with Gasteiger partial charge in [0.1, 0.15) is 13.2 Å². The number of rotatable bonds is 53. The molecule has 0 heterocycles. The van der Waals surface area contributed by atoms with E-state index in [-0.39, 0.29) is 19.1 Å². The van der Waals surface area contributed by atoms with Gasteiger partial charge in [-0.25, -0.2) is 4.57 Å². The van der Waals surface area contributed by atoms with Crippen LogP contribution in [-0.4, -0.2) is 73.4 Å². The molecular weight excluding hydrogens is 840 g/mol. The highest BCUT2D eigenvalue weighted by atomic mass is 31.2. The van der Waals surface area contributed by atoms with Crippen molar-refractivity contribution in [1.29, 1.82) is 0 Å². The zero-order valence-electron chi connectivity index (χ0n) is 44.7. The Morgan fingerprint density at radius 3 is 1.21 bits per heavy atom. The van der Waals surface area contributed by atoms with E-state index < -0.39 is 20.0 Å². The number of nitrogens with zero attached hydrogens (tertiary/aromatic N) is 1. The van der Waals surface area contributed by atoms with Gasteiger partial charge in [-0.1, -0.05) is 269 Å². The first-order valence-electron chi connectivity index (χ1n) is 28.7. The molecule has 0 saturated carbocycles. The molecule has 9 heteroatoms. The molecule has 66 heavy (non-hydrogen) atoms. The highest BCUT2D eigenvalue weighted by Gasteiger charge is 2.27. The number of nitrogens with one attached hydrogen (secondary N) is 1. The normalized spacial score (nSPS) is 14.1. The molecule has 0 bridgehead atoms. The van der Waals surface area contributed by atoms with Crippen LogP contribution in [0.1, 0.15) is 284 Å². The molecule has 0 saturated heterocycles. The fraction of sp³-hybridized carbons (Fsp3) is 0.912. The lowest BCUT2D eigenvalue weighted by atomic mass is 10.0. The van der Waals surface area contributed by atoms with Crippen molar-refractivity contribution in [3.63, 3.8) is 0 Å². The fourth-order valence-corrected chi connectivity index (χ4v) is 9.38. The van der Waals surface area contributed by atoms with E-state index >= 15 is 0 Å². The van der Waals surface area contributed by atoms with Crippen LogP contribution in [0.15, 0.2) is 24.3 Å². The molecule has 3 atom stereocenters. The Labute approximate surface area is 411 Å². The number of carbonyl (C=O) groups is 1. The molecule has 0 aromatic carbocycles. The van der Waals surface area contributed by atoms with Crippen molar-refractivity contribution in [2.45, 2.75) is 296 Å². The summed E-state index contributed by atoms with van der Waals surface area (Å²) in [4.78, 5) is 23.3. The molecule has 0 spiro atoms. The second-order valence-electron chi connectivity index (χ2n) is 21.0. The Kier molecular flexibility index (Phi) is 48.2. The minimum absolute atomic E-state index is 0.0588. The van der Waals surface area contributed by atoms with Crippen LogP contribution in [0, 0.1) is 0 Å². The van der Waals surface area contributed by atoms with E-state index in [2.05, 4.69) is 31.3 Å². The summed E-state index contributed by atoms with van der Waals surface area (Å²) in [7, 11) is 1.57. The molecule has 0 radical (unpaired) electrons. The van der Waals surface area contributed by atoms with Crippen LogP contribution < -0.4 is 5.32 Å². The van der Waals surface area contributed by atoms with E-state index in [1.54, 1.807) is 6.08 Å². The van der Waals surface area contributed by atoms with Crippen molar-refractivity contribution >= 4 is 13.7 Å². The summed E-state index contributed by atoms with van der Waals surface area (Å²) in [6.45, 7) is 4.84. The van der Waals surface area contributed by atoms with Gasteiger partial charge in [-0.05, 0) is 32.1 Å². The number of carbonyl (C=O) groups excluding carboxylic acids is 1. The van der Waals surface area contributed by atoms with Gasteiger partial charge in [-0.2, -0.15) is 0 Å². The molecule has 0 rings (SSSR count). The second kappa shape index (κ2) is 49.0. The number of hydrogen-bond donors (Lipinski definition) is 3. The van der Waals surface area contributed by atoms with E-state index in [0.29, 0.717) is 17.4 Å². The monoisotopic (exact) mass is 954 g/mol. The maximum absolute atomic E-state index is 13.0. The Morgan fingerprint density at radius 2 is 0.833 bits per heavy atom. The third-order valence-corrected chi connectivity index (χ3v) is 14.2. The van der Waals surface area contributed by atoms with E-state index in [9.17, 15) is 19.4 Å². The Bertz CT molecular complexity index is 1130. The van der Waals surface area contributed by atoms with Crippen molar-refractivity contribution in [2.24, 2.45) is 0 Å².